The van der Waals surface area contributed by atoms with Crippen LogP contribution in [0.3, 0.4) is 0 Å². The van der Waals surface area contributed by atoms with Gasteiger partial charge >= 0.3 is 5.97 Å². The minimum atomic E-state index is -0.316. The van der Waals surface area contributed by atoms with Crippen molar-refractivity contribution in [2.75, 3.05) is 7.11 Å². The number of ether oxygens (including phenoxy) is 1. The van der Waals surface area contributed by atoms with Gasteiger partial charge in [-0.05, 0) is 48.6 Å². The molecule has 0 aliphatic heterocycles. The molecule has 0 aliphatic rings. The number of carbonyl (C=O) groups excluding carboxylic acids is 1. The van der Waals surface area contributed by atoms with E-state index in [2.05, 4.69) is 16.9 Å². The molecule has 0 atom stereocenters. The van der Waals surface area contributed by atoms with Crippen LogP contribution in [0, 0.1) is 5.82 Å². The Morgan fingerprint density at radius 2 is 1.59 bits per heavy atom. The van der Waals surface area contributed by atoms with E-state index in [9.17, 15) is 9.18 Å². The summed E-state index contributed by atoms with van der Waals surface area (Å²) >= 11 is 0. The third kappa shape index (κ3) is 4.55. The van der Waals surface area contributed by atoms with Gasteiger partial charge in [-0.1, -0.05) is 42.0 Å². The van der Waals surface area contributed by atoms with Crippen molar-refractivity contribution in [2.24, 2.45) is 0 Å². The van der Waals surface area contributed by atoms with Crippen molar-refractivity contribution in [1.82, 2.24) is 0 Å². The molecule has 0 spiro atoms. The van der Waals surface area contributed by atoms with Crippen molar-refractivity contribution in [2.45, 2.75) is 19.8 Å². The van der Waals surface area contributed by atoms with E-state index in [1.54, 1.807) is 12.1 Å². The number of hydrogen-bond acceptors (Lipinski definition) is 2. The highest BCUT2D eigenvalue weighted by Gasteiger charge is 2.01. The monoisotopic (exact) mass is 298 g/mol. The number of esters is 1. The Hall–Kier alpha value is -2.42. The SMILES string of the molecule is COC(=O)/C=C(\C)CCc1ccc(-c2ccc(F)cc2)cc1. The number of methoxy groups -OCH3 is 1. The Bertz CT molecular complexity index is 655. The van der Waals surface area contributed by atoms with E-state index in [0.29, 0.717) is 0 Å². The molecule has 0 bridgehead atoms. The van der Waals surface area contributed by atoms with Crippen LogP contribution in [0.5, 0.6) is 0 Å². The summed E-state index contributed by atoms with van der Waals surface area (Å²) < 4.78 is 17.5. The third-order valence-corrected chi connectivity index (χ3v) is 3.50. The van der Waals surface area contributed by atoms with Crippen molar-refractivity contribution in [3.05, 3.63) is 71.6 Å². The fourth-order valence-electron chi connectivity index (χ4n) is 2.18. The number of benzene rings is 2. The Labute approximate surface area is 130 Å². The number of hydrogen-bond donors (Lipinski definition) is 0. The molecule has 2 aromatic rings. The van der Waals surface area contributed by atoms with Gasteiger partial charge in [-0.3, -0.25) is 0 Å². The first-order valence-electron chi connectivity index (χ1n) is 7.18. The standard InChI is InChI=1S/C19H19FO2/c1-14(13-19(21)22-2)3-4-15-5-7-16(8-6-15)17-9-11-18(20)12-10-17/h5-13H,3-4H2,1-2H3/b14-13+. The summed E-state index contributed by atoms with van der Waals surface area (Å²) in [5.41, 5.74) is 4.25. The van der Waals surface area contributed by atoms with Gasteiger partial charge in [-0.25, -0.2) is 9.18 Å². The molecule has 0 heterocycles. The highest BCUT2D eigenvalue weighted by molar-refractivity contribution is 5.82. The number of rotatable bonds is 5. The second-order valence-corrected chi connectivity index (χ2v) is 5.22. The number of allylic oxidation sites excluding steroid dienone is 1. The maximum Gasteiger partial charge on any atom is 0.330 e. The molecule has 0 aromatic heterocycles. The van der Waals surface area contributed by atoms with Gasteiger partial charge in [-0.2, -0.15) is 0 Å². The first kappa shape index (κ1) is 16.0. The largest absolute Gasteiger partial charge is 0.466 e. The van der Waals surface area contributed by atoms with Crippen LogP contribution in [0.25, 0.3) is 11.1 Å². The van der Waals surface area contributed by atoms with E-state index in [-0.39, 0.29) is 11.8 Å². The number of aryl methyl sites for hydroxylation is 1. The van der Waals surface area contributed by atoms with Gasteiger partial charge in [0.2, 0.25) is 0 Å². The van der Waals surface area contributed by atoms with Gasteiger partial charge in [0.25, 0.3) is 0 Å². The lowest BCUT2D eigenvalue weighted by atomic mass is 10.0. The summed E-state index contributed by atoms with van der Waals surface area (Å²) in [6.07, 6.45) is 3.20. The van der Waals surface area contributed by atoms with Crippen LogP contribution >= 0.6 is 0 Å². The molecule has 0 fully saturated rings. The minimum absolute atomic E-state index is 0.228. The highest BCUT2D eigenvalue weighted by atomic mass is 19.1. The van der Waals surface area contributed by atoms with Crippen LogP contribution in [0.1, 0.15) is 18.9 Å². The van der Waals surface area contributed by atoms with Crippen molar-refractivity contribution in [3.8, 4) is 11.1 Å². The zero-order valence-electron chi connectivity index (χ0n) is 12.8. The van der Waals surface area contributed by atoms with Gasteiger partial charge in [0.15, 0.2) is 0 Å². The van der Waals surface area contributed by atoms with E-state index in [1.807, 2.05) is 19.1 Å². The third-order valence-electron chi connectivity index (χ3n) is 3.50. The first-order valence-corrected chi connectivity index (χ1v) is 7.18. The fraction of sp³-hybridized carbons (Fsp3) is 0.211. The summed E-state index contributed by atoms with van der Waals surface area (Å²) in [4.78, 5) is 11.1. The van der Waals surface area contributed by atoms with E-state index in [0.717, 1.165) is 29.5 Å². The maximum absolute atomic E-state index is 12.9. The fourth-order valence-corrected chi connectivity index (χ4v) is 2.18. The van der Waals surface area contributed by atoms with Crippen LogP contribution in [-0.2, 0) is 16.0 Å². The lowest BCUT2D eigenvalue weighted by Gasteiger charge is -2.05. The molecule has 114 valence electrons. The first-order chi connectivity index (χ1) is 10.6. The molecule has 0 aliphatic carbocycles. The second-order valence-electron chi connectivity index (χ2n) is 5.22. The zero-order chi connectivity index (χ0) is 15.9. The molecule has 0 radical (unpaired) electrons. The molecule has 0 N–H and O–H groups in total. The summed E-state index contributed by atoms with van der Waals surface area (Å²) in [6.45, 7) is 1.92. The predicted octanol–water partition coefficient (Wildman–Crippen LogP) is 4.54. The van der Waals surface area contributed by atoms with Crippen molar-refractivity contribution >= 4 is 5.97 Å². The molecule has 0 unspecified atom stereocenters. The minimum Gasteiger partial charge on any atom is -0.466 e. The second kappa shape index (κ2) is 7.55. The molecule has 2 nitrogen and oxygen atoms in total. The molecular weight excluding hydrogens is 279 g/mol. The highest BCUT2D eigenvalue weighted by Crippen LogP contribution is 2.21. The Balaban J connectivity index is 1.99. The Morgan fingerprint density at radius 1 is 1.05 bits per heavy atom. The van der Waals surface area contributed by atoms with Crippen molar-refractivity contribution in [1.29, 1.82) is 0 Å². The maximum atomic E-state index is 12.9. The van der Waals surface area contributed by atoms with E-state index in [1.165, 1.54) is 30.9 Å². The van der Waals surface area contributed by atoms with Crippen molar-refractivity contribution < 1.29 is 13.9 Å². The van der Waals surface area contributed by atoms with Gasteiger partial charge in [0.05, 0.1) is 7.11 Å². The molecular formula is C19H19FO2. The quantitative estimate of drug-likeness (QED) is 0.598. The average Bonchev–Trinajstić information content (AvgIpc) is 2.54. The zero-order valence-corrected chi connectivity index (χ0v) is 12.8. The summed E-state index contributed by atoms with van der Waals surface area (Å²) in [7, 11) is 1.38. The topological polar surface area (TPSA) is 26.3 Å². The Morgan fingerprint density at radius 3 is 2.14 bits per heavy atom. The van der Waals surface area contributed by atoms with Crippen LogP contribution < -0.4 is 0 Å². The lowest BCUT2D eigenvalue weighted by molar-refractivity contribution is -0.134. The van der Waals surface area contributed by atoms with Crippen molar-refractivity contribution in [3.63, 3.8) is 0 Å². The summed E-state index contributed by atoms with van der Waals surface area (Å²) in [5, 5.41) is 0. The van der Waals surface area contributed by atoms with Crippen LogP contribution in [0.2, 0.25) is 0 Å². The smallest absolute Gasteiger partial charge is 0.330 e. The molecule has 3 heteroatoms. The molecule has 2 aromatic carbocycles. The van der Waals surface area contributed by atoms with Crippen LogP contribution in [0.15, 0.2) is 60.2 Å². The number of halogens is 1. The molecule has 0 saturated heterocycles. The summed E-state index contributed by atoms with van der Waals surface area (Å²) in [5.74, 6) is -0.544. The predicted molar refractivity (Wildman–Crippen MR) is 85.9 cm³/mol. The summed E-state index contributed by atoms with van der Waals surface area (Å²) in [6, 6.07) is 14.6. The van der Waals surface area contributed by atoms with Gasteiger partial charge < -0.3 is 4.74 Å². The van der Waals surface area contributed by atoms with Gasteiger partial charge in [0.1, 0.15) is 5.82 Å². The van der Waals surface area contributed by atoms with E-state index >= 15 is 0 Å². The normalized spacial score (nSPS) is 11.3. The van der Waals surface area contributed by atoms with E-state index in [4.69, 9.17) is 0 Å². The van der Waals surface area contributed by atoms with Gasteiger partial charge in [0, 0.05) is 6.08 Å². The number of carbonyl (C=O) groups is 1. The van der Waals surface area contributed by atoms with E-state index < -0.39 is 0 Å². The Kier molecular flexibility index (Phi) is 5.48. The van der Waals surface area contributed by atoms with Crippen LogP contribution in [-0.4, -0.2) is 13.1 Å². The average molecular weight is 298 g/mol. The molecule has 0 amide bonds. The lowest BCUT2D eigenvalue weighted by Crippen LogP contribution is -1.96. The molecule has 22 heavy (non-hydrogen) atoms. The van der Waals surface area contributed by atoms with Gasteiger partial charge in [-0.15, -0.1) is 0 Å². The molecule has 0 saturated carbocycles. The van der Waals surface area contributed by atoms with Crippen LogP contribution in [0.4, 0.5) is 4.39 Å². The molecule has 2 rings (SSSR count).